The molecule has 1 atom stereocenters. The molecule has 2 aromatic carbocycles. The molecule has 0 aliphatic rings. The first-order valence-corrected chi connectivity index (χ1v) is 9.26. The van der Waals surface area contributed by atoms with Crippen LogP contribution in [0.15, 0.2) is 61.1 Å². The predicted molar refractivity (Wildman–Crippen MR) is 112 cm³/mol. The quantitative estimate of drug-likeness (QED) is 0.547. The molecule has 28 heavy (non-hydrogen) atoms. The van der Waals surface area contributed by atoms with E-state index in [0.717, 1.165) is 40.3 Å². The van der Waals surface area contributed by atoms with Crippen LogP contribution in [0.3, 0.4) is 0 Å². The third-order valence-electron chi connectivity index (χ3n) is 4.97. The second kappa shape index (κ2) is 7.68. The summed E-state index contributed by atoms with van der Waals surface area (Å²) in [5.41, 5.74) is 4.20. The summed E-state index contributed by atoms with van der Waals surface area (Å²) < 4.78 is 7.34. The summed E-state index contributed by atoms with van der Waals surface area (Å²) in [4.78, 5) is 8.81. The van der Waals surface area contributed by atoms with Gasteiger partial charge in [0.15, 0.2) is 0 Å². The van der Waals surface area contributed by atoms with Crippen molar-refractivity contribution in [3.05, 3.63) is 66.6 Å². The maximum absolute atomic E-state index is 5.47. The molecule has 0 saturated heterocycles. The minimum Gasteiger partial charge on any atom is -0.496 e. The highest BCUT2D eigenvalue weighted by atomic mass is 16.5. The Kier molecular flexibility index (Phi) is 4.93. The van der Waals surface area contributed by atoms with Gasteiger partial charge in [0, 0.05) is 36.5 Å². The molecule has 0 aliphatic heterocycles. The molecule has 0 saturated carbocycles. The monoisotopic (exact) mass is 373 g/mol. The van der Waals surface area contributed by atoms with Gasteiger partial charge < -0.3 is 10.1 Å². The smallest absolute Gasteiger partial charge is 0.129 e. The Hall–Kier alpha value is -3.41. The van der Waals surface area contributed by atoms with Crippen LogP contribution in [0.2, 0.25) is 0 Å². The van der Waals surface area contributed by atoms with E-state index in [4.69, 9.17) is 4.74 Å². The summed E-state index contributed by atoms with van der Waals surface area (Å²) >= 11 is 0. The van der Waals surface area contributed by atoms with Gasteiger partial charge in [-0.2, -0.15) is 5.10 Å². The molecule has 0 aliphatic carbocycles. The number of methoxy groups -OCH3 is 1. The molecule has 2 heterocycles. The van der Waals surface area contributed by atoms with Crippen LogP contribution in [-0.4, -0.2) is 33.4 Å². The van der Waals surface area contributed by atoms with Crippen LogP contribution in [-0.2, 0) is 7.05 Å². The Morgan fingerprint density at radius 1 is 1.11 bits per heavy atom. The van der Waals surface area contributed by atoms with Gasteiger partial charge in [0.2, 0.25) is 0 Å². The summed E-state index contributed by atoms with van der Waals surface area (Å²) in [7, 11) is 3.65. The van der Waals surface area contributed by atoms with E-state index < -0.39 is 0 Å². The zero-order valence-electron chi connectivity index (χ0n) is 16.3. The van der Waals surface area contributed by atoms with Gasteiger partial charge >= 0.3 is 0 Å². The van der Waals surface area contributed by atoms with Gasteiger partial charge in [-0.1, -0.05) is 31.2 Å². The molecule has 4 rings (SSSR count). The number of hydrogen-bond acceptors (Lipinski definition) is 5. The zero-order chi connectivity index (χ0) is 19.5. The number of hydrogen-bond donors (Lipinski definition) is 1. The second-order valence-corrected chi connectivity index (χ2v) is 6.85. The van der Waals surface area contributed by atoms with E-state index in [2.05, 4.69) is 51.6 Å². The summed E-state index contributed by atoms with van der Waals surface area (Å²) in [6, 6.07) is 16.3. The third-order valence-corrected chi connectivity index (χ3v) is 4.97. The van der Waals surface area contributed by atoms with Gasteiger partial charge in [0.05, 0.1) is 24.5 Å². The summed E-state index contributed by atoms with van der Waals surface area (Å²) in [5, 5.41) is 8.82. The molecule has 1 N–H and O–H groups in total. The summed E-state index contributed by atoms with van der Waals surface area (Å²) in [5.74, 6) is 1.99. The van der Waals surface area contributed by atoms with Gasteiger partial charge in [0.1, 0.15) is 17.9 Å². The minimum atomic E-state index is 0.279. The number of anilines is 1. The fourth-order valence-corrected chi connectivity index (χ4v) is 3.38. The molecular weight excluding hydrogens is 350 g/mol. The average molecular weight is 373 g/mol. The number of fused-ring (bicyclic) bond motifs is 1. The van der Waals surface area contributed by atoms with Crippen molar-refractivity contribution in [3.63, 3.8) is 0 Å². The Labute approximate surface area is 164 Å². The topological polar surface area (TPSA) is 64.9 Å². The fourth-order valence-electron chi connectivity index (χ4n) is 3.38. The fraction of sp³-hybridized carbons (Fsp3) is 0.227. The van der Waals surface area contributed by atoms with Crippen molar-refractivity contribution in [2.45, 2.75) is 12.8 Å². The molecule has 0 spiro atoms. The molecule has 6 nitrogen and oxygen atoms in total. The van der Waals surface area contributed by atoms with E-state index in [1.807, 2.05) is 42.2 Å². The molecule has 6 heteroatoms. The van der Waals surface area contributed by atoms with E-state index in [1.165, 1.54) is 5.56 Å². The first-order chi connectivity index (χ1) is 13.7. The molecule has 0 fully saturated rings. The van der Waals surface area contributed by atoms with Crippen molar-refractivity contribution in [2.24, 2.45) is 7.05 Å². The number of rotatable bonds is 6. The average Bonchev–Trinajstić information content (AvgIpc) is 3.12. The standard InChI is InChI=1S/C22H23N5O/c1-15(18-6-4-5-7-21(18)28-3)12-23-22-11-19(24-14-25-22)16-8-9-20-17(10-16)13-26-27(20)2/h4-11,13-15H,12H2,1-3H3,(H,23,24,25)/t15-/m1/s1. The van der Waals surface area contributed by atoms with Crippen LogP contribution >= 0.6 is 0 Å². The van der Waals surface area contributed by atoms with Crippen molar-refractivity contribution in [1.29, 1.82) is 0 Å². The maximum Gasteiger partial charge on any atom is 0.129 e. The first kappa shape index (κ1) is 18.0. The van der Waals surface area contributed by atoms with Crippen molar-refractivity contribution >= 4 is 16.7 Å². The predicted octanol–water partition coefficient (Wildman–Crippen LogP) is 4.25. The number of para-hydroxylation sites is 1. The van der Waals surface area contributed by atoms with E-state index in [9.17, 15) is 0 Å². The largest absolute Gasteiger partial charge is 0.496 e. The van der Waals surface area contributed by atoms with Crippen LogP contribution in [0, 0.1) is 0 Å². The zero-order valence-corrected chi connectivity index (χ0v) is 16.3. The molecule has 0 unspecified atom stereocenters. The maximum atomic E-state index is 5.47. The highest BCUT2D eigenvalue weighted by Gasteiger charge is 2.11. The number of nitrogens with one attached hydrogen (secondary N) is 1. The van der Waals surface area contributed by atoms with Crippen LogP contribution in [0.5, 0.6) is 5.75 Å². The van der Waals surface area contributed by atoms with Gasteiger partial charge in [0.25, 0.3) is 0 Å². The van der Waals surface area contributed by atoms with Gasteiger partial charge in [-0.15, -0.1) is 0 Å². The lowest BCUT2D eigenvalue weighted by atomic mass is 10.00. The summed E-state index contributed by atoms with van der Waals surface area (Å²) in [6.07, 6.45) is 3.47. The normalized spacial score (nSPS) is 12.1. The lowest BCUT2D eigenvalue weighted by Crippen LogP contribution is -2.12. The Bertz CT molecular complexity index is 1100. The lowest BCUT2D eigenvalue weighted by Gasteiger charge is -2.16. The summed E-state index contributed by atoms with van der Waals surface area (Å²) in [6.45, 7) is 2.92. The van der Waals surface area contributed by atoms with Crippen molar-refractivity contribution in [1.82, 2.24) is 19.7 Å². The SMILES string of the molecule is COc1ccccc1[C@H](C)CNc1cc(-c2ccc3c(cnn3C)c2)ncn1. The number of benzene rings is 2. The Morgan fingerprint density at radius 2 is 1.96 bits per heavy atom. The van der Waals surface area contributed by atoms with Crippen LogP contribution in [0.1, 0.15) is 18.4 Å². The Balaban J connectivity index is 1.52. The molecule has 0 amide bonds. The number of aromatic nitrogens is 4. The van der Waals surface area contributed by atoms with E-state index in [1.54, 1.807) is 13.4 Å². The van der Waals surface area contributed by atoms with Crippen LogP contribution < -0.4 is 10.1 Å². The highest BCUT2D eigenvalue weighted by molar-refractivity contribution is 5.84. The van der Waals surface area contributed by atoms with Gasteiger partial charge in [-0.25, -0.2) is 9.97 Å². The van der Waals surface area contributed by atoms with Crippen LogP contribution in [0.25, 0.3) is 22.2 Å². The van der Waals surface area contributed by atoms with E-state index >= 15 is 0 Å². The second-order valence-electron chi connectivity index (χ2n) is 6.85. The molecule has 2 aromatic heterocycles. The van der Waals surface area contributed by atoms with Crippen molar-refractivity contribution in [2.75, 3.05) is 19.0 Å². The number of aryl methyl sites for hydroxylation is 1. The molecule has 142 valence electrons. The van der Waals surface area contributed by atoms with E-state index in [0.29, 0.717) is 0 Å². The molecule has 0 bridgehead atoms. The van der Waals surface area contributed by atoms with Gasteiger partial charge in [-0.05, 0) is 23.8 Å². The number of ether oxygens (including phenoxy) is 1. The van der Waals surface area contributed by atoms with Crippen molar-refractivity contribution < 1.29 is 4.74 Å². The highest BCUT2D eigenvalue weighted by Crippen LogP contribution is 2.27. The minimum absolute atomic E-state index is 0.279. The van der Waals surface area contributed by atoms with Crippen LogP contribution in [0.4, 0.5) is 5.82 Å². The number of nitrogens with zero attached hydrogens (tertiary/aromatic N) is 4. The molecular formula is C22H23N5O. The lowest BCUT2D eigenvalue weighted by molar-refractivity contribution is 0.407. The first-order valence-electron chi connectivity index (χ1n) is 9.26. The van der Waals surface area contributed by atoms with Crippen molar-refractivity contribution in [3.8, 4) is 17.0 Å². The molecule has 4 aromatic rings. The van der Waals surface area contributed by atoms with Gasteiger partial charge in [-0.3, -0.25) is 4.68 Å². The Morgan fingerprint density at radius 3 is 2.82 bits per heavy atom. The third kappa shape index (κ3) is 3.53. The van der Waals surface area contributed by atoms with E-state index in [-0.39, 0.29) is 5.92 Å². The molecule has 0 radical (unpaired) electrons.